The molecule has 0 amide bonds. The molecule has 3 nitrogen and oxygen atoms in total. The maximum Gasteiger partial charge on any atom is 0.312 e. The molecule has 1 aliphatic rings. The second-order valence-electron chi connectivity index (χ2n) is 4.52. The predicted octanol–water partition coefficient (Wildman–Crippen LogP) is 3.70. The first-order chi connectivity index (χ1) is 9.16. The molecule has 1 aromatic heterocycles. The molecular formula is C14H12BrNO2S. The van der Waals surface area contributed by atoms with Crippen molar-refractivity contribution in [3.63, 3.8) is 0 Å². The summed E-state index contributed by atoms with van der Waals surface area (Å²) in [4.78, 5) is 14.7. The summed E-state index contributed by atoms with van der Waals surface area (Å²) >= 11 is 5.21. The van der Waals surface area contributed by atoms with Gasteiger partial charge in [-0.1, -0.05) is 18.2 Å². The van der Waals surface area contributed by atoms with Gasteiger partial charge in [-0.2, -0.15) is 0 Å². The monoisotopic (exact) mass is 337 g/mol. The molecule has 0 bridgehead atoms. The van der Waals surface area contributed by atoms with Gasteiger partial charge in [0, 0.05) is 21.6 Å². The van der Waals surface area contributed by atoms with Gasteiger partial charge in [0.15, 0.2) is 0 Å². The van der Waals surface area contributed by atoms with E-state index in [0.717, 1.165) is 22.3 Å². The smallest absolute Gasteiger partial charge is 0.312 e. The molecule has 19 heavy (non-hydrogen) atoms. The Labute approximate surface area is 123 Å². The van der Waals surface area contributed by atoms with E-state index in [1.54, 1.807) is 11.3 Å². The van der Waals surface area contributed by atoms with E-state index in [-0.39, 0.29) is 0 Å². The van der Waals surface area contributed by atoms with Gasteiger partial charge in [0.1, 0.15) is 5.92 Å². The molecule has 0 aliphatic carbocycles. The predicted molar refractivity (Wildman–Crippen MR) is 79.9 cm³/mol. The van der Waals surface area contributed by atoms with Gasteiger partial charge >= 0.3 is 5.97 Å². The second kappa shape index (κ2) is 4.98. The summed E-state index contributed by atoms with van der Waals surface area (Å²) in [5.41, 5.74) is 1.96. The first-order valence-electron chi connectivity index (χ1n) is 5.95. The Morgan fingerprint density at radius 1 is 1.42 bits per heavy atom. The van der Waals surface area contributed by atoms with Gasteiger partial charge in [0.05, 0.1) is 6.54 Å². The fourth-order valence-electron chi connectivity index (χ4n) is 2.46. The van der Waals surface area contributed by atoms with E-state index in [9.17, 15) is 9.90 Å². The van der Waals surface area contributed by atoms with Crippen LogP contribution in [0.2, 0.25) is 0 Å². The van der Waals surface area contributed by atoms with Crippen molar-refractivity contribution >= 4 is 38.9 Å². The zero-order chi connectivity index (χ0) is 13.4. The highest BCUT2D eigenvalue weighted by atomic mass is 79.9. The fourth-order valence-corrected chi connectivity index (χ4v) is 3.95. The third-order valence-electron chi connectivity index (χ3n) is 3.38. The summed E-state index contributed by atoms with van der Waals surface area (Å²) in [7, 11) is 0. The average Bonchev–Trinajstić information content (AvgIpc) is 2.96. The van der Waals surface area contributed by atoms with Crippen LogP contribution >= 0.6 is 27.3 Å². The zero-order valence-corrected chi connectivity index (χ0v) is 12.4. The number of hydrogen-bond acceptors (Lipinski definition) is 3. The van der Waals surface area contributed by atoms with Crippen molar-refractivity contribution in [3.05, 3.63) is 50.6 Å². The number of anilines is 1. The number of nitrogens with zero attached hydrogens (tertiary/aromatic N) is 1. The maximum absolute atomic E-state index is 11.3. The van der Waals surface area contributed by atoms with Crippen molar-refractivity contribution in [3.8, 4) is 0 Å². The minimum Gasteiger partial charge on any atom is -0.481 e. The highest BCUT2D eigenvalue weighted by Crippen LogP contribution is 2.38. The topological polar surface area (TPSA) is 40.5 Å². The summed E-state index contributed by atoms with van der Waals surface area (Å²) in [6.07, 6.45) is 0. The van der Waals surface area contributed by atoms with E-state index in [0.29, 0.717) is 6.54 Å². The third-order valence-corrected chi connectivity index (χ3v) is 5.29. The van der Waals surface area contributed by atoms with Crippen LogP contribution in [0.5, 0.6) is 0 Å². The molecule has 1 atom stereocenters. The molecule has 2 aromatic rings. The Kier molecular flexibility index (Phi) is 3.33. The van der Waals surface area contributed by atoms with E-state index in [4.69, 9.17) is 0 Å². The second-order valence-corrected chi connectivity index (χ2v) is 6.38. The van der Waals surface area contributed by atoms with E-state index in [1.165, 1.54) is 4.88 Å². The molecule has 0 radical (unpaired) electrons. The van der Waals surface area contributed by atoms with Gasteiger partial charge in [-0.3, -0.25) is 4.79 Å². The lowest BCUT2D eigenvalue weighted by Crippen LogP contribution is -2.23. The number of rotatable bonds is 3. The number of halogens is 1. The van der Waals surface area contributed by atoms with Crippen molar-refractivity contribution < 1.29 is 9.90 Å². The summed E-state index contributed by atoms with van der Waals surface area (Å²) in [5, 5.41) is 11.4. The van der Waals surface area contributed by atoms with Crippen LogP contribution in [0, 0.1) is 0 Å². The Bertz CT molecular complexity index is 625. The molecule has 1 N–H and O–H groups in total. The Morgan fingerprint density at radius 3 is 2.89 bits per heavy atom. The normalized spacial score (nSPS) is 17.5. The van der Waals surface area contributed by atoms with Crippen LogP contribution in [-0.4, -0.2) is 17.6 Å². The third kappa shape index (κ3) is 2.28. The SMILES string of the molecule is O=C(O)C1CN(Cc2sccc2Br)c2ccccc21. The van der Waals surface area contributed by atoms with Crippen molar-refractivity contribution in [1.29, 1.82) is 0 Å². The molecule has 1 aromatic carbocycles. The highest BCUT2D eigenvalue weighted by molar-refractivity contribution is 9.10. The van der Waals surface area contributed by atoms with Crippen LogP contribution < -0.4 is 4.90 Å². The summed E-state index contributed by atoms with van der Waals surface area (Å²) in [6.45, 7) is 1.29. The van der Waals surface area contributed by atoms with E-state index >= 15 is 0 Å². The average molecular weight is 338 g/mol. The number of hydrogen-bond donors (Lipinski definition) is 1. The number of carboxylic acid groups (broad SMARTS) is 1. The molecule has 0 saturated heterocycles. The standard InChI is InChI=1S/C14H12BrNO2S/c15-11-5-6-19-13(11)8-16-7-10(14(17)18)9-3-1-2-4-12(9)16/h1-6,10H,7-8H2,(H,17,18). The largest absolute Gasteiger partial charge is 0.481 e. The van der Waals surface area contributed by atoms with Gasteiger partial charge in [-0.05, 0) is 39.0 Å². The summed E-state index contributed by atoms with van der Waals surface area (Å²) in [5.74, 6) is -1.17. The lowest BCUT2D eigenvalue weighted by Gasteiger charge is -2.18. The number of carboxylic acids is 1. The van der Waals surface area contributed by atoms with E-state index in [1.807, 2.05) is 35.7 Å². The van der Waals surface area contributed by atoms with Crippen molar-refractivity contribution in [1.82, 2.24) is 0 Å². The van der Waals surface area contributed by atoms with Crippen molar-refractivity contribution in [2.75, 3.05) is 11.4 Å². The number of fused-ring (bicyclic) bond motifs is 1. The molecule has 3 rings (SSSR count). The molecule has 1 unspecified atom stereocenters. The molecule has 0 saturated carbocycles. The minimum atomic E-state index is -0.750. The number of carbonyl (C=O) groups is 1. The first-order valence-corrected chi connectivity index (χ1v) is 7.62. The molecule has 0 fully saturated rings. The molecule has 5 heteroatoms. The van der Waals surface area contributed by atoms with Crippen molar-refractivity contribution in [2.45, 2.75) is 12.5 Å². The van der Waals surface area contributed by atoms with Crippen LogP contribution in [0.15, 0.2) is 40.2 Å². The number of para-hydroxylation sites is 1. The Hall–Kier alpha value is -1.33. The first kappa shape index (κ1) is 12.7. The number of thiophene rings is 1. The maximum atomic E-state index is 11.3. The number of benzene rings is 1. The molecular weight excluding hydrogens is 326 g/mol. The Balaban J connectivity index is 1.93. The molecule has 2 heterocycles. The van der Waals surface area contributed by atoms with Crippen LogP contribution in [0.1, 0.15) is 16.4 Å². The van der Waals surface area contributed by atoms with Gasteiger partial charge in [-0.25, -0.2) is 0 Å². The highest BCUT2D eigenvalue weighted by Gasteiger charge is 2.33. The van der Waals surface area contributed by atoms with Gasteiger partial charge in [0.25, 0.3) is 0 Å². The van der Waals surface area contributed by atoms with Crippen LogP contribution in [0.3, 0.4) is 0 Å². The van der Waals surface area contributed by atoms with E-state index in [2.05, 4.69) is 20.8 Å². The van der Waals surface area contributed by atoms with Gasteiger partial charge in [0.2, 0.25) is 0 Å². The van der Waals surface area contributed by atoms with E-state index < -0.39 is 11.9 Å². The number of aliphatic carboxylic acids is 1. The van der Waals surface area contributed by atoms with Crippen LogP contribution in [-0.2, 0) is 11.3 Å². The summed E-state index contributed by atoms with van der Waals surface area (Å²) in [6, 6.07) is 9.80. The minimum absolute atomic E-state index is 0.421. The summed E-state index contributed by atoms with van der Waals surface area (Å²) < 4.78 is 1.09. The fraction of sp³-hybridized carbons (Fsp3) is 0.214. The zero-order valence-electron chi connectivity index (χ0n) is 10.0. The van der Waals surface area contributed by atoms with Gasteiger partial charge in [-0.15, -0.1) is 11.3 Å². The van der Waals surface area contributed by atoms with Gasteiger partial charge < -0.3 is 10.0 Å². The van der Waals surface area contributed by atoms with Crippen molar-refractivity contribution in [2.24, 2.45) is 0 Å². The van der Waals surface area contributed by atoms with Crippen LogP contribution in [0.4, 0.5) is 5.69 Å². The molecule has 98 valence electrons. The van der Waals surface area contributed by atoms with Crippen LogP contribution in [0.25, 0.3) is 0 Å². The lowest BCUT2D eigenvalue weighted by molar-refractivity contribution is -0.138. The Morgan fingerprint density at radius 2 is 2.21 bits per heavy atom. The molecule has 0 spiro atoms. The lowest BCUT2D eigenvalue weighted by atomic mass is 10.0. The molecule has 1 aliphatic heterocycles. The quantitative estimate of drug-likeness (QED) is 0.928.